The molecule has 0 aliphatic rings. The molecule has 0 amide bonds. The molecule has 0 aliphatic heterocycles. The molecule has 3 aromatic rings. The quantitative estimate of drug-likeness (QED) is 0.459. The summed E-state index contributed by atoms with van der Waals surface area (Å²) in [4.78, 5) is 9.06. The van der Waals surface area contributed by atoms with Crippen molar-refractivity contribution in [1.82, 2.24) is 9.97 Å². The molecule has 23 heavy (non-hydrogen) atoms. The summed E-state index contributed by atoms with van der Waals surface area (Å²) in [7, 11) is 0. The predicted octanol–water partition coefficient (Wildman–Crippen LogP) is 5.54. The van der Waals surface area contributed by atoms with Gasteiger partial charge >= 0.3 is 0 Å². The van der Waals surface area contributed by atoms with Crippen molar-refractivity contribution in [3.05, 3.63) is 76.7 Å². The van der Waals surface area contributed by atoms with Crippen LogP contribution in [0.4, 0.5) is 4.39 Å². The zero-order chi connectivity index (χ0) is 16.2. The van der Waals surface area contributed by atoms with Gasteiger partial charge in [0.2, 0.25) is 0 Å². The Bertz CT molecular complexity index is 804. The van der Waals surface area contributed by atoms with Crippen LogP contribution in [0.2, 0.25) is 5.02 Å². The van der Waals surface area contributed by atoms with E-state index in [4.69, 9.17) is 11.6 Å². The van der Waals surface area contributed by atoms with Gasteiger partial charge in [-0.05, 0) is 42.8 Å². The number of hydrogen-bond acceptors (Lipinski definition) is 3. The molecule has 0 saturated carbocycles. The van der Waals surface area contributed by atoms with Gasteiger partial charge in [0.05, 0.1) is 5.69 Å². The maximum Gasteiger partial charge on any atom is 0.188 e. The maximum absolute atomic E-state index is 12.9. The smallest absolute Gasteiger partial charge is 0.188 e. The molecule has 0 radical (unpaired) electrons. The highest BCUT2D eigenvalue weighted by Gasteiger charge is 2.06. The minimum absolute atomic E-state index is 0.226. The molecule has 0 fully saturated rings. The average molecular weight is 345 g/mol. The molecule has 116 valence electrons. The van der Waals surface area contributed by atoms with E-state index >= 15 is 0 Å². The van der Waals surface area contributed by atoms with Crippen LogP contribution in [0, 0.1) is 12.7 Å². The van der Waals surface area contributed by atoms with Gasteiger partial charge in [0.15, 0.2) is 5.16 Å². The molecule has 5 heteroatoms. The Balaban J connectivity index is 1.80. The minimum Gasteiger partial charge on any atom is -0.228 e. The van der Waals surface area contributed by atoms with Crippen LogP contribution < -0.4 is 0 Å². The molecule has 2 aromatic carbocycles. The molecule has 1 heterocycles. The van der Waals surface area contributed by atoms with Gasteiger partial charge in [-0.1, -0.05) is 47.6 Å². The van der Waals surface area contributed by atoms with Crippen molar-refractivity contribution in [2.75, 3.05) is 0 Å². The van der Waals surface area contributed by atoms with Crippen LogP contribution in [0.3, 0.4) is 0 Å². The molecule has 0 unspecified atom stereocenters. The van der Waals surface area contributed by atoms with E-state index in [9.17, 15) is 4.39 Å². The molecule has 0 spiro atoms. The first-order valence-corrected chi connectivity index (χ1v) is 8.45. The molecule has 0 atom stereocenters. The fourth-order valence-electron chi connectivity index (χ4n) is 2.10. The van der Waals surface area contributed by atoms with Crippen LogP contribution in [0.1, 0.15) is 11.3 Å². The molecule has 0 aliphatic carbocycles. The van der Waals surface area contributed by atoms with Gasteiger partial charge in [-0.25, -0.2) is 14.4 Å². The Morgan fingerprint density at radius 1 is 1.00 bits per heavy atom. The van der Waals surface area contributed by atoms with Crippen LogP contribution in [-0.2, 0) is 5.75 Å². The van der Waals surface area contributed by atoms with Gasteiger partial charge in [0.25, 0.3) is 0 Å². The Kier molecular flexibility index (Phi) is 4.94. The minimum atomic E-state index is -0.226. The molecular formula is C18H14ClFN2S. The molecule has 0 saturated heterocycles. The molecule has 1 aromatic heterocycles. The van der Waals surface area contributed by atoms with Crippen LogP contribution in [0.5, 0.6) is 0 Å². The van der Waals surface area contributed by atoms with Crippen molar-refractivity contribution in [3.8, 4) is 11.3 Å². The second-order valence-electron chi connectivity index (χ2n) is 5.10. The third kappa shape index (κ3) is 4.30. The molecule has 3 rings (SSSR count). The third-order valence-corrected chi connectivity index (χ3v) is 4.43. The summed E-state index contributed by atoms with van der Waals surface area (Å²) < 4.78 is 12.9. The van der Waals surface area contributed by atoms with E-state index in [-0.39, 0.29) is 5.82 Å². The number of aromatic nitrogens is 2. The second-order valence-corrected chi connectivity index (χ2v) is 6.48. The summed E-state index contributed by atoms with van der Waals surface area (Å²) in [5, 5.41) is 1.41. The van der Waals surface area contributed by atoms with Gasteiger partial charge in [0.1, 0.15) is 5.82 Å². The summed E-state index contributed by atoms with van der Waals surface area (Å²) >= 11 is 7.46. The fourth-order valence-corrected chi connectivity index (χ4v) is 3.09. The summed E-state index contributed by atoms with van der Waals surface area (Å²) in [5.74, 6) is 0.472. The number of thioether (sulfide) groups is 1. The number of benzene rings is 2. The standard InChI is InChI=1S/C18H14ClFN2S/c1-12-10-17(14-4-6-15(19)7-5-14)22-18(21-12)23-11-13-2-8-16(20)9-3-13/h2-10H,11H2,1H3. The topological polar surface area (TPSA) is 25.8 Å². The summed E-state index contributed by atoms with van der Waals surface area (Å²) in [6.07, 6.45) is 0. The Morgan fingerprint density at radius 2 is 1.70 bits per heavy atom. The van der Waals surface area contributed by atoms with Crippen molar-refractivity contribution in [2.45, 2.75) is 17.8 Å². The van der Waals surface area contributed by atoms with Gasteiger partial charge < -0.3 is 0 Å². The highest BCUT2D eigenvalue weighted by atomic mass is 35.5. The van der Waals surface area contributed by atoms with Crippen molar-refractivity contribution in [2.24, 2.45) is 0 Å². The van der Waals surface area contributed by atoms with Crippen LogP contribution in [0.25, 0.3) is 11.3 Å². The molecule has 2 nitrogen and oxygen atoms in total. The number of halogens is 2. The third-order valence-electron chi connectivity index (χ3n) is 3.25. The van der Waals surface area contributed by atoms with E-state index in [1.807, 2.05) is 37.3 Å². The summed E-state index contributed by atoms with van der Waals surface area (Å²) in [5.41, 5.74) is 3.82. The van der Waals surface area contributed by atoms with E-state index in [2.05, 4.69) is 9.97 Å². The largest absolute Gasteiger partial charge is 0.228 e. The van der Waals surface area contributed by atoms with Gasteiger partial charge in [-0.15, -0.1) is 0 Å². The van der Waals surface area contributed by atoms with E-state index in [0.717, 1.165) is 22.5 Å². The first kappa shape index (κ1) is 16.0. The van der Waals surface area contributed by atoms with E-state index in [1.165, 1.54) is 23.9 Å². The van der Waals surface area contributed by atoms with Crippen LogP contribution in [-0.4, -0.2) is 9.97 Å². The SMILES string of the molecule is Cc1cc(-c2ccc(Cl)cc2)nc(SCc2ccc(F)cc2)n1. The Hall–Kier alpha value is -1.91. The van der Waals surface area contributed by atoms with Crippen molar-refractivity contribution in [3.63, 3.8) is 0 Å². The lowest BCUT2D eigenvalue weighted by atomic mass is 10.1. The normalized spacial score (nSPS) is 10.7. The first-order chi connectivity index (χ1) is 11.1. The van der Waals surface area contributed by atoms with Crippen LogP contribution >= 0.6 is 23.4 Å². The summed E-state index contributed by atoms with van der Waals surface area (Å²) in [6.45, 7) is 1.95. The Labute approximate surface area is 143 Å². The lowest BCUT2D eigenvalue weighted by molar-refractivity contribution is 0.627. The molecule has 0 N–H and O–H groups in total. The highest BCUT2D eigenvalue weighted by molar-refractivity contribution is 7.98. The zero-order valence-corrected chi connectivity index (χ0v) is 14.0. The highest BCUT2D eigenvalue weighted by Crippen LogP contribution is 2.25. The van der Waals surface area contributed by atoms with Crippen molar-refractivity contribution in [1.29, 1.82) is 0 Å². The number of hydrogen-bond donors (Lipinski definition) is 0. The predicted molar refractivity (Wildman–Crippen MR) is 93.2 cm³/mol. The van der Waals surface area contributed by atoms with E-state index in [0.29, 0.717) is 15.9 Å². The van der Waals surface area contributed by atoms with E-state index < -0.39 is 0 Å². The molecular weight excluding hydrogens is 331 g/mol. The number of aryl methyl sites for hydroxylation is 1. The van der Waals surface area contributed by atoms with Crippen LogP contribution in [0.15, 0.2) is 59.8 Å². The van der Waals surface area contributed by atoms with Gasteiger partial charge in [0, 0.05) is 22.0 Å². The number of nitrogens with zero attached hydrogens (tertiary/aromatic N) is 2. The fraction of sp³-hybridized carbons (Fsp3) is 0.111. The lowest BCUT2D eigenvalue weighted by Crippen LogP contribution is -1.94. The maximum atomic E-state index is 12.9. The van der Waals surface area contributed by atoms with Crippen molar-refractivity contribution < 1.29 is 4.39 Å². The van der Waals surface area contributed by atoms with Gasteiger partial charge in [-0.3, -0.25) is 0 Å². The molecule has 0 bridgehead atoms. The first-order valence-electron chi connectivity index (χ1n) is 7.09. The Morgan fingerprint density at radius 3 is 2.39 bits per heavy atom. The lowest BCUT2D eigenvalue weighted by Gasteiger charge is -2.06. The van der Waals surface area contributed by atoms with Crippen molar-refractivity contribution >= 4 is 23.4 Å². The monoisotopic (exact) mass is 344 g/mol. The second kappa shape index (κ2) is 7.11. The zero-order valence-electron chi connectivity index (χ0n) is 12.5. The van der Waals surface area contributed by atoms with Gasteiger partial charge in [-0.2, -0.15) is 0 Å². The van der Waals surface area contributed by atoms with E-state index in [1.54, 1.807) is 12.1 Å². The average Bonchev–Trinajstić information content (AvgIpc) is 2.54. The summed E-state index contributed by atoms with van der Waals surface area (Å²) in [6, 6.07) is 16.0. The number of rotatable bonds is 4.